The number of hydrogen-bond donors (Lipinski definition) is 1. The van der Waals surface area contributed by atoms with Crippen LogP contribution in [0.3, 0.4) is 0 Å². The predicted octanol–water partition coefficient (Wildman–Crippen LogP) is 3.10. The molecule has 0 aromatic heterocycles. The van der Waals surface area contributed by atoms with Crippen LogP contribution in [0, 0.1) is 11.7 Å². The number of alkyl halides is 2. The van der Waals surface area contributed by atoms with Crippen LogP contribution < -0.4 is 5.32 Å². The number of carbonyl (C=O) groups is 1. The van der Waals surface area contributed by atoms with Crippen LogP contribution in [0.15, 0.2) is 12.1 Å². The van der Waals surface area contributed by atoms with E-state index in [1.807, 2.05) is 0 Å². The molecule has 0 radical (unpaired) electrons. The Labute approximate surface area is 107 Å². The molecule has 2 nitrogen and oxygen atoms in total. The van der Waals surface area contributed by atoms with Gasteiger partial charge in [-0.3, -0.25) is 4.79 Å². The second kappa shape index (κ2) is 5.18. The van der Waals surface area contributed by atoms with Gasteiger partial charge in [-0.15, -0.1) is 0 Å². The highest BCUT2D eigenvalue weighted by Crippen LogP contribution is 2.32. The zero-order valence-corrected chi connectivity index (χ0v) is 10.1. The molecule has 1 saturated heterocycles. The van der Waals surface area contributed by atoms with Crippen molar-refractivity contribution >= 4 is 17.5 Å². The SMILES string of the molecule is O=C1NCCC1Cc1ccc(Cl)c(F)c1C(F)F. The lowest BCUT2D eigenvalue weighted by Crippen LogP contribution is -2.21. The summed E-state index contributed by atoms with van der Waals surface area (Å²) in [5, 5.41) is 2.29. The van der Waals surface area contributed by atoms with Gasteiger partial charge in [0, 0.05) is 12.5 Å². The summed E-state index contributed by atoms with van der Waals surface area (Å²) >= 11 is 5.49. The Morgan fingerprint density at radius 1 is 1.44 bits per heavy atom. The number of benzene rings is 1. The molecule has 6 heteroatoms. The number of hydrogen-bond acceptors (Lipinski definition) is 1. The van der Waals surface area contributed by atoms with E-state index in [1.54, 1.807) is 0 Å². The fourth-order valence-electron chi connectivity index (χ4n) is 2.13. The lowest BCUT2D eigenvalue weighted by Gasteiger charge is -2.13. The molecule has 1 aliphatic rings. The van der Waals surface area contributed by atoms with E-state index in [-0.39, 0.29) is 28.8 Å². The van der Waals surface area contributed by atoms with E-state index in [0.717, 1.165) is 0 Å². The summed E-state index contributed by atoms with van der Waals surface area (Å²) in [5.41, 5.74) is -0.545. The predicted molar refractivity (Wildman–Crippen MR) is 61.2 cm³/mol. The highest BCUT2D eigenvalue weighted by Gasteiger charge is 2.28. The average molecular weight is 278 g/mol. The molecule has 0 aliphatic carbocycles. The molecule has 1 aromatic rings. The zero-order chi connectivity index (χ0) is 13.3. The smallest absolute Gasteiger partial charge is 0.266 e. The van der Waals surface area contributed by atoms with Gasteiger partial charge in [0.05, 0.1) is 10.6 Å². The van der Waals surface area contributed by atoms with Gasteiger partial charge in [0.1, 0.15) is 0 Å². The second-order valence-electron chi connectivity index (χ2n) is 4.22. The zero-order valence-electron chi connectivity index (χ0n) is 9.35. The van der Waals surface area contributed by atoms with Crippen molar-refractivity contribution in [3.05, 3.63) is 34.1 Å². The Morgan fingerprint density at radius 2 is 2.17 bits per heavy atom. The Balaban J connectivity index is 2.32. The Morgan fingerprint density at radius 3 is 2.72 bits per heavy atom. The lowest BCUT2D eigenvalue weighted by atomic mass is 9.94. The quantitative estimate of drug-likeness (QED) is 0.904. The van der Waals surface area contributed by atoms with Crippen molar-refractivity contribution in [3.63, 3.8) is 0 Å². The van der Waals surface area contributed by atoms with E-state index in [1.165, 1.54) is 12.1 Å². The number of carbonyl (C=O) groups excluding carboxylic acids is 1. The molecule has 1 atom stereocenters. The van der Waals surface area contributed by atoms with E-state index in [9.17, 15) is 18.0 Å². The molecule has 0 saturated carbocycles. The molecule has 18 heavy (non-hydrogen) atoms. The number of rotatable bonds is 3. The van der Waals surface area contributed by atoms with Gasteiger partial charge >= 0.3 is 0 Å². The standard InChI is InChI=1S/C12H11ClF3NO/c13-8-2-1-6(9(10(8)14)11(15)16)5-7-3-4-17-12(7)18/h1-2,7,11H,3-5H2,(H,17,18). The van der Waals surface area contributed by atoms with E-state index in [0.29, 0.717) is 13.0 Å². The van der Waals surface area contributed by atoms with Crippen molar-refractivity contribution in [1.82, 2.24) is 5.32 Å². The molecule has 1 unspecified atom stereocenters. The number of amides is 1. The fraction of sp³-hybridized carbons (Fsp3) is 0.417. The molecule has 1 fully saturated rings. The van der Waals surface area contributed by atoms with Crippen molar-refractivity contribution in [1.29, 1.82) is 0 Å². The molecule has 0 spiro atoms. The van der Waals surface area contributed by atoms with Crippen molar-refractivity contribution in [3.8, 4) is 0 Å². The third-order valence-corrected chi connectivity index (χ3v) is 3.36. The lowest BCUT2D eigenvalue weighted by molar-refractivity contribution is -0.122. The van der Waals surface area contributed by atoms with Crippen molar-refractivity contribution < 1.29 is 18.0 Å². The maximum absolute atomic E-state index is 13.6. The molecule has 0 bridgehead atoms. The maximum atomic E-state index is 13.6. The van der Waals surface area contributed by atoms with Crippen LogP contribution >= 0.6 is 11.6 Å². The summed E-state index contributed by atoms with van der Waals surface area (Å²) in [6, 6.07) is 2.60. The van der Waals surface area contributed by atoms with E-state index in [4.69, 9.17) is 11.6 Å². The first-order valence-electron chi connectivity index (χ1n) is 5.53. The van der Waals surface area contributed by atoms with Crippen LogP contribution in [-0.4, -0.2) is 12.5 Å². The highest BCUT2D eigenvalue weighted by molar-refractivity contribution is 6.30. The third kappa shape index (κ3) is 2.46. The summed E-state index contributed by atoms with van der Waals surface area (Å²) in [5.74, 6) is -1.64. The summed E-state index contributed by atoms with van der Waals surface area (Å²) < 4.78 is 39.3. The van der Waals surface area contributed by atoms with E-state index >= 15 is 0 Å². The van der Waals surface area contributed by atoms with Crippen molar-refractivity contribution in [2.24, 2.45) is 5.92 Å². The van der Waals surface area contributed by atoms with Crippen LogP contribution in [0.2, 0.25) is 5.02 Å². The van der Waals surface area contributed by atoms with Gasteiger partial charge in [-0.05, 0) is 24.5 Å². The van der Waals surface area contributed by atoms with Crippen LogP contribution in [0.1, 0.15) is 24.0 Å². The largest absolute Gasteiger partial charge is 0.356 e. The van der Waals surface area contributed by atoms with Gasteiger partial charge < -0.3 is 5.32 Å². The third-order valence-electron chi connectivity index (χ3n) is 3.07. The molecule has 1 aromatic carbocycles. The summed E-state index contributed by atoms with van der Waals surface area (Å²) in [7, 11) is 0. The van der Waals surface area contributed by atoms with Gasteiger partial charge in [0.25, 0.3) is 6.43 Å². The van der Waals surface area contributed by atoms with Gasteiger partial charge in [-0.2, -0.15) is 0 Å². The van der Waals surface area contributed by atoms with Gasteiger partial charge in [0.15, 0.2) is 5.82 Å². The minimum atomic E-state index is -2.94. The highest BCUT2D eigenvalue weighted by atomic mass is 35.5. The molecule has 2 rings (SSSR count). The molecule has 1 heterocycles. The topological polar surface area (TPSA) is 29.1 Å². The van der Waals surface area contributed by atoms with Crippen molar-refractivity contribution in [2.75, 3.05) is 6.54 Å². The van der Waals surface area contributed by atoms with Crippen LogP contribution in [0.4, 0.5) is 13.2 Å². The van der Waals surface area contributed by atoms with Crippen molar-refractivity contribution in [2.45, 2.75) is 19.3 Å². The van der Waals surface area contributed by atoms with Gasteiger partial charge in [0.2, 0.25) is 5.91 Å². The van der Waals surface area contributed by atoms with E-state index in [2.05, 4.69) is 5.32 Å². The van der Waals surface area contributed by atoms with Gasteiger partial charge in [-0.1, -0.05) is 17.7 Å². The number of nitrogens with one attached hydrogen (secondary N) is 1. The molecular weight excluding hydrogens is 267 g/mol. The first kappa shape index (κ1) is 13.2. The van der Waals surface area contributed by atoms with Gasteiger partial charge in [-0.25, -0.2) is 13.2 Å². The summed E-state index contributed by atoms with van der Waals surface area (Å²) in [6.07, 6.45) is -2.26. The Kier molecular flexibility index (Phi) is 3.80. The molecule has 1 amide bonds. The molecular formula is C12H11ClF3NO. The summed E-state index contributed by atoms with van der Waals surface area (Å²) in [4.78, 5) is 11.4. The Bertz CT molecular complexity index is 479. The van der Waals surface area contributed by atoms with Crippen LogP contribution in [-0.2, 0) is 11.2 Å². The van der Waals surface area contributed by atoms with Crippen LogP contribution in [0.5, 0.6) is 0 Å². The molecule has 1 aliphatic heterocycles. The minimum Gasteiger partial charge on any atom is -0.356 e. The molecule has 1 N–H and O–H groups in total. The fourth-order valence-corrected chi connectivity index (χ4v) is 2.29. The minimum absolute atomic E-state index is 0.111. The molecule has 98 valence electrons. The summed E-state index contributed by atoms with van der Waals surface area (Å²) in [6.45, 7) is 0.531. The first-order valence-corrected chi connectivity index (χ1v) is 5.91. The maximum Gasteiger partial charge on any atom is 0.266 e. The normalized spacial score (nSPS) is 19.4. The number of halogens is 4. The average Bonchev–Trinajstić information content (AvgIpc) is 2.69. The van der Waals surface area contributed by atoms with Crippen LogP contribution in [0.25, 0.3) is 0 Å². The van der Waals surface area contributed by atoms with E-state index < -0.39 is 17.8 Å². The Hall–Kier alpha value is -1.23. The monoisotopic (exact) mass is 277 g/mol. The second-order valence-corrected chi connectivity index (χ2v) is 4.62. The first-order chi connectivity index (χ1) is 8.50.